The zero-order valence-electron chi connectivity index (χ0n) is 14.3. The van der Waals surface area contributed by atoms with Crippen molar-refractivity contribution >= 4 is 0 Å². The maximum absolute atomic E-state index is 5.63. The van der Waals surface area contributed by atoms with Gasteiger partial charge in [-0.2, -0.15) is 0 Å². The van der Waals surface area contributed by atoms with Crippen LogP contribution in [0.3, 0.4) is 0 Å². The van der Waals surface area contributed by atoms with Crippen LogP contribution in [-0.2, 0) is 4.74 Å². The van der Waals surface area contributed by atoms with Gasteiger partial charge >= 0.3 is 0 Å². The van der Waals surface area contributed by atoms with E-state index < -0.39 is 0 Å². The fraction of sp³-hybridized carbons (Fsp3) is 1.00. The summed E-state index contributed by atoms with van der Waals surface area (Å²) in [5, 5.41) is 3.69. The molecule has 0 saturated carbocycles. The minimum Gasteiger partial charge on any atom is -0.381 e. The summed E-state index contributed by atoms with van der Waals surface area (Å²) in [6.07, 6.45) is 9.31. The van der Waals surface area contributed by atoms with Gasteiger partial charge in [-0.3, -0.25) is 0 Å². The van der Waals surface area contributed by atoms with E-state index in [1.165, 1.54) is 71.1 Å². The molecule has 124 valence electrons. The van der Waals surface area contributed by atoms with Gasteiger partial charge in [0.25, 0.3) is 0 Å². The van der Waals surface area contributed by atoms with Crippen molar-refractivity contribution in [3.8, 4) is 0 Å². The normalized spacial score (nSPS) is 27.4. The van der Waals surface area contributed by atoms with Gasteiger partial charge in [0.2, 0.25) is 0 Å². The smallest absolute Gasteiger partial charge is 0.0472 e. The molecule has 0 aromatic rings. The van der Waals surface area contributed by atoms with Crippen LogP contribution in [0.2, 0.25) is 0 Å². The van der Waals surface area contributed by atoms with Crippen LogP contribution in [0.1, 0.15) is 58.8 Å². The van der Waals surface area contributed by atoms with E-state index >= 15 is 0 Å². The van der Waals surface area contributed by atoms with Crippen LogP contribution in [0.5, 0.6) is 0 Å². The highest BCUT2D eigenvalue weighted by molar-refractivity contribution is 4.88. The summed E-state index contributed by atoms with van der Waals surface area (Å²) in [6, 6.07) is 0. The Balaban J connectivity index is 1.87. The second-order valence-corrected chi connectivity index (χ2v) is 7.27. The summed E-state index contributed by atoms with van der Waals surface area (Å²) in [4.78, 5) is 2.76. The van der Waals surface area contributed by atoms with Gasteiger partial charge < -0.3 is 15.0 Å². The van der Waals surface area contributed by atoms with Crippen molar-refractivity contribution in [1.82, 2.24) is 10.2 Å². The van der Waals surface area contributed by atoms with Crippen LogP contribution in [0.4, 0.5) is 0 Å². The van der Waals surface area contributed by atoms with Crippen LogP contribution in [0.15, 0.2) is 0 Å². The third-order valence-corrected chi connectivity index (χ3v) is 5.56. The zero-order valence-corrected chi connectivity index (χ0v) is 14.3. The van der Waals surface area contributed by atoms with E-state index in [0.717, 1.165) is 25.7 Å². The molecular formula is C18H36N2O. The number of hydrogen-bond donors (Lipinski definition) is 1. The third kappa shape index (κ3) is 5.54. The third-order valence-electron chi connectivity index (χ3n) is 5.56. The van der Waals surface area contributed by atoms with E-state index in [9.17, 15) is 0 Å². The lowest BCUT2D eigenvalue weighted by Crippen LogP contribution is -2.47. The molecule has 2 heterocycles. The van der Waals surface area contributed by atoms with Crippen molar-refractivity contribution in [2.45, 2.75) is 58.8 Å². The number of nitrogens with zero attached hydrogens (tertiary/aromatic N) is 1. The van der Waals surface area contributed by atoms with Gasteiger partial charge in [0.15, 0.2) is 0 Å². The molecule has 1 atom stereocenters. The van der Waals surface area contributed by atoms with Gasteiger partial charge in [0.1, 0.15) is 0 Å². The predicted molar refractivity (Wildman–Crippen MR) is 89.7 cm³/mol. The molecule has 1 unspecified atom stereocenters. The van der Waals surface area contributed by atoms with E-state index in [2.05, 4.69) is 24.1 Å². The minimum absolute atomic E-state index is 0.458. The second-order valence-electron chi connectivity index (χ2n) is 7.27. The molecule has 0 aromatic carbocycles. The lowest BCUT2D eigenvalue weighted by molar-refractivity contribution is -0.00396. The number of nitrogens with one attached hydrogen (secondary N) is 1. The highest BCUT2D eigenvalue weighted by Gasteiger charge is 2.34. The molecule has 2 fully saturated rings. The van der Waals surface area contributed by atoms with E-state index in [4.69, 9.17) is 4.74 Å². The maximum Gasteiger partial charge on any atom is 0.0472 e. The van der Waals surface area contributed by atoms with Crippen LogP contribution in [0.25, 0.3) is 0 Å². The lowest BCUT2D eigenvalue weighted by atomic mass is 9.79. The van der Waals surface area contributed by atoms with Crippen molar-refractivity contribution in [3.05, 3.63) is 0 Å². The lowest BCUT2D eigenvalue weighted by Gasteiger charge is -2.41. The van der Waals surface area contributed by atoms with Crippen LogP contribution in [0, 0.1) is 11.3 Å². The van der Waals surface area contributed by atoms with Crippen molar-refractivity contribution in [2.24, 2.45) is 11.3 Å². The monoisotopic (exact) mass is 296 g/mol. The maximum atomic E-state index is 5.63. The Labute approximate surface area is 131 Å². The van der Waals surface area contributed by atoms with Crippen LogP contribution < -0.4 is 5.32 Å². The van der Waals surface area contributed by atoms with Crippen LogP contribution in [-0.4, -0.2) is 50.8 Å². The Bertz CT molecular complexity index is 276. The summed E-state index contributed by atoms with van der Waals surface area (Å²) in [5.74, 6) is 0.971. The Morgan fingerprint density at radius 3 is 2.67 bits per heavy atom. The first-order valence-electron chi connectivity index (χ1n) is 9.29. The van der Waals surface area contributed by atoms with E-state index in [1.54, 1.807) is 0 Å². The molecule has 21 heavy (non-hydrogen) atoms. The van der Waals surface area contributed by atoms with Gasteiger partial charge in [0.05, 0.1) is 0 Å². The van der Waals surface area contributed by atoms with Gasteiger partial charge in [-0.1, -0.05) is 20.3 Å². The second kappa shape index (κ2) is 9.12. The van der Waals surface area contributed by atoms with E-state index in [0.29, 0.717) is 5.41 Å². The molecule has 0 radical (unpaired) electrons. The molecule has 3 heteroatoms. The predicted octanol–water partition coefficient (Wildman–Crippen LogP) is 3.29. The molecule has 0 aliphatic carbocycles. The van der Waals surface area contributed by atoms with Crippen molar-refractivity contribution in [2.75, 3.05) is 45.9 Å². The summed E-state index contributed by atoms with van der Waals surface area (Å²) < 4.78 is 5.63. The highest BCUT2D eigenvalue weighted by Crippen LogP contribution is 2.32. The quantitative estimate of drug-likeness (QED) is 0.730. The van der Waals surface area contributed by atoms with Gasteiger partial charge in [-0.15, -0.1) is 0 Å². The summed E-state index contributed by atoms with van der Waals surface area (Å²) >= 11 is 0. The number of likely N-dealkylation sites (tertiary alicyclic amines) is 1. The highest BCUT2D eigenvalue weighted by atomic mass is 16.5. The summed E-state index contributed by atoms with van der Waals surface area (Å²) in [7, 11) is 0. The first-order chi connectivity index (χ1) is 10.3. The number of ether oxygens (including phenoxy) is 1. The molecule has 1 N–H and O–H groups in total. The van der Waals surface area contributed by atoms with Crippen LogP contribution >= 0.6 is 0 Å². The SMILES string of the molecule is CCCNCC1(CN2CCCC(CC)CC2)CCOCC1. The Kier molecular flexibility index (Phi) is 7.48. The molecule has 0 aromatic heterocycles. The number of rotatable bonds is 7. The average Bonchev–Trinajstić information content (AvgIpc) is 2.73. The molecule has 0 bridgehead atoms. The molecule has 2 rings (SSSR count). The summed E-state index contributed by atoms with van der Waals surface area (Å²) in [6.45, 7) is 12.8. The van der Waals surface area contributed by atoms with Gasteiger partial charge in [0, 0.05) is 26.3 Å². The zero-order chi connectivity index (χ0) is 15.0. The molecule has 2 saturated heterocycles. The van der Waals surface area contributed by atoms with E-state index in [-0.39, 0.29) is 0 Å². The molecule has 0 spiro atoms. The van der Waals surface area contributed by atoms with Crippen molar-refractivity contribution in [3.63, 3.8) is 0 Å². The summed E-state index contributed by atoms with van der Waals surface area (Å²) in [5.41, 5.74) is 0.458. The fourth-order valence-corrected chi connectivity index (χ4v) is 3.99. The fourth-order valence-electron chi connectivity index (χ4n) is 3.99. The first-order valence-corrected chi connectivity index (χ1v) is 9.29. The molecule has 0 amide bonds. The topological polar surface area (TPSA) is 24.5 Å². The largest absolute Gasteiger partial charge is 0.381 e. The first kappa shape index (κ1) is 17.2. The van der Waals surface area contributed by atoms with Gasteiger partial charge in [-0.05, 0) is 69.5 Å². The Hall–Kier alpha value is -0.120. The van der Waals surface area contributed by atoms with Crippen molar-refractivity contribution < 1.29 is 4.74 Å². The molecular weight excluding hydrogens is 260 g/mol. The minimum atomic E-state index is 0.458. The average molecular weight is 296 g/mol. The molecule has 2 aliphatic rings. The molecule has 3 nitrogen and oxygen atoms in total. The van der Waals surface area contributed by atoms with E-state index in [1.807, 2.05) is 0 Å². The van der Waals surface area contributed by atoms with Crippen molar-refractivity contribution in [1.29, 1.82) is 0 Å². The van der Waals surface area contributed by atoms with Gasteiger partial charge in [-0.25, -0.2) is 0 Å². The Morgan fingerprint density at radius 1 is 1.14 bits per heavy atom. The Morgan fingerprint density at radius 2 is 1.95 bits per heavy atom. The molecule has 2 aliphatic heterocycles. The standard InChI is InChI=1S/C18H36N2O/c1-3-10-19-15-18(8-13-21-14-9-18)16-20-11-5-6-17(4-2)7-12-20/h17,19H,3-16H2,1-2H3. The number of hydrogen-bond acceptors (Lipinski definition) is 3.